The number of hydrogen-bond acceptors (Lipinski definition) is 3. The van der Waals surface area contributed by atoms with E-state index in [9.17, 15) is 0 Å². The predicted molar refractivity (Wildman–Crippen MR) is 46.7 cm³/mol. The van der Waals surface area contributed by atoms with Gasteiger partial charge in [-0.3, -0.25) is 4.90 Å². The van der Waals surface area contributed by atoms with Crippen molar-refractivity contribution in [3.63, 3.8) is 0 Å². The zero-order valence-corrected chi connectivity index (χ0v) is 7.62. The molecule has 1 unspecified atom stereocenters. The molecule has 1 saturated heterocycles. The molecule has 0 amide bonds. The van der Waals surface area contributed by atoms with Crippen molar-refractivity contribution in [3.8, 4) is 6.07 Å². The fraction of sp³-hybridized carbons (Fsp3) is 0.889. The van der Waals surface area contributed by atoms with Crippen LogP contribution in [0.25, 0.3) is 0 Å². The second-order valence-corrected chi connectivity index (χ2v) is 3.22. The molecule has 1 aliphatic heterocycles. The highest BCUT2D eigenvalue weighted by Gasteiger charge is 2.17. The molecule has 3 nitrogen and oxygen atoms in total. The molecule has 0 aromatic rings. The van der Waals surface area contributed by atoms with Crippen LogP contribution in [-0.4, -0.2) is 37.2 Å². The van der Waals surface area contributed by atoms with E-state index in [1.165, 1.54) is 0 Å². The van der Waals surface area contributed by atoms with Gasteiger partial charge in [0.2, 0.25) is 0 Å². The van der Waals surface area contributed by atoms with Gasteiger partial charge in [-0.2, -0.15) is 5.26 Å². The molecule has 0 aliphatic carbocycles. The Hall–Kier alpha value is -0.590. The van der Waals surface area contributed by atoms with Crippen LogP contribution in [0.1, 0.15) is 19.8 Å². The topological polar surface area (TPSA) is 36.3 Å². The van der Waals surface area contributed by atoms with Crippen molar-refractivity contribution in [2.24, 2.45) is 0 Å². The Morgan fingerprint density at radius 2 is 2.50 bits per heavy atom. The first-order valence-corrected chi connectivity index (χ1v) is 4.53. The lowest BCUT2D eigenvalue weighted by Crippen LogP contribution is -2.43. The summed E-state index contributed by atoms with van der Waals surface area (Å²) in [5.74, 6) is 0. The van der Waals surface area contributed by atoms with E-state index in [4.69, 9.17) is 10.00 Å². The molecule has 0 aromatic carbocycles. The van der Waals surface area contributed by atoms with Crippen LogP contribution in [0.4, 0.5) is 0 Å². The fourth-order valence-electron chi connectivity index (χ4n) is 1.45. The summed E-state index contributed by atoms with van der Waals surface area (Å²) in [6.07, 6.45) is 1.66. The van der Waals surface area contributed by atoms with Crippen LogP contribution >= 0.6 is 0 Å². The largest absolute Gasteiger partial charge is 0.379 e. The summed E-state index contributed by atoms with van der Waals surface area (Å²) in [6, 6.07) is 2.69. The maximum absolute atomic E-state index is 8.37. The van der Waals surface area contributed by atoms with Gasteiger partial charge >= 0.3 is 0 Å². The van der Waals surface area contributed by atoms with Crippen LogP contribution < -0.4 is 0 Å². The van der Waals surface area contributed by atoms with E-state index in [2.05, 4.69) is 17.9 Å². The third-order valence-electron chi connectivity index (χ3n) is 2.24. The van der Waals surface area contributed by atoms with Crippen molar-refractivity contribution in [2.45, 2.75) is 25.8 Å². The average molecular weight is 168 g/mol. The Balaban J connectivity index is 2.16. The lowest BCUT2D eigenvalue weighted by atomic mass is 10.2. The van der Waals surface area contributed by atoms with Crippen LogP contribution in [0, 0.1) is 11.3 Å². The highest BCUT2D eigenvalue weighted by Crippen LogP contribution is 2.06. The summed E-state index contributed by atoms with van der Waals surface area (Å²) in [6.45, 7) is 5.92. The summed E-state index contributed by atoms with van der Waals surface area (Å²) in [5.41, 5.74) is 0. The highest BCUT2D eigenvalue weighted by molar-refractivity contribution is 4.74. The van der Waals surface area contributed by atoms with Crippen molar-refractivity contribution < 1.29 is 4.74 Å². The SMILES string of the molecule is CC1COCCN1CCCC#N. The average Bonchev–Trinajstić information content (AvgIpc) is 2.09. The molecule has 0 bridgehead atoms. The molecule has 1 fully saturated rings. The molecule has 1 heterocycles. The van der Waals surface area contributed by atoms with Crippen LogP contribution in [0.5, 0.6) is 0 Å². The number of ether oxygens (including phenoxy) is 1. The van der Waals surface area contributed by atoms with Gasteiger partial charge in [-0.05, 0) is 19.9 Å². The molecule has 0 aromatic heterocycles. The second-order valence-electron chi connectivity index (χ2n) is 3.22. The van der Waals surface area contributed by atoms with Crippen molar-refractivity contribution in [1.29, 1.82) is 5.26 Å². The van der Waals surface area contributed by atoms with E-state index in [1.807, 2.05) is 0 Å². The minimum absolute atomic E-state index is 0.525. The van der Waals surface area contributed by atoms with Gasteiger partial charge in [-0.15, -0.1) is 0 Å². The number of unbranched alkanes of at least 4 members (excludes halogenated alkanes) is 1. The van der Waals surface area contributed by atoms with Crippen LogP contribution in [0.15, 0.2) is 0 Å². The quantitative estimate of drug-likeness (QED) is 0.590. The van der Waals surface area contributed by atoms with E-state index in [0.29, 0.717) is 12.5 Å². The molecule has 3 heteroatoms. The Morgan fingerprint density at radius 1 is 1.67 bits per heavy atom. The molecule has 0 radical (unpaired) electrons. The first-order chi connectivity index (χ1) is 5.84. The van der Waals surface area contributed by atoms with Crippen LogP contribution in [-0.2, 0) is 4.74 Å². The molecular weight excluding hydrogens is 152 g/mol. The smallest absolute Gasteiger partial charge is 0.0622 e. The van der Waals surface area contributed by atoms with Crippen LogP contribution in [0.2, 0.25) is 0 Å². The third kappa shape index (κ3) is 2.80. The molecule has 1 aliphatic rings. The first kappa shape index (κ1) is 9.50. The molecule has 0 spiro atoms. The minimum Gasteiger partial charge on any atom is -0.379 e. The van der Waals surface area contributed by atoms with Gasteiger partial charge in [-0.1, -0.05) is 0 Å². The molecular formula is C9H16N2O. The fourth-order valence-corrected chi connectivity index (χ4v) is 1.45. The lowest BCUT2D eigenvalue weighted by Gasteiger charge is -2.32. The van der Waals surface area contributed by atoms with E-state index >= 15 is 0 Å². The molecule has 12 heavy (non-hydrogen) atoms. The number of nitrogens with zero attached hydrogens (tertiary/aromatic N) is 2. The van der Waals surface area contributed by atoms with E-state index in [-0.39, 0.29) is 0 Å². The molecule has 0 N–H and O–H groups in total. The van der Waals surface area contributed by atoms with E-state index < -0.39 is 0 Å². The van der Waals surface area contributed by atoms with E-state index in [0.717, 1.165) is 32.7 Å². The Kier molecular flexibility index (Phi) is 4.06. The van der Waals surface area contributed by atoms with Crippen LogP contribution in [0.3, 0.4) is 0 Å². The normalized spacial score (nSPS) is 25.2. The Bertz CT molecular complexity index is 164. The number of morpholine rings is 1. The number of rotatable bonds is 3. The summed E-state index contributed by atoms with van der Waals surface area (Å²) >= 11 is 0. The van der Waals surface area contributed by atoms with Gasteiger partial charge in [0.15, 0.2) is 0 Å². The Labute approximate surface area is 73.9 Å². The predicted octanol–water partition coefficient (Wildman–Crippen LogP) is 1.01. The maximum Gasteiger partial charge on any atom is 0.0622 e. The van der Waals surface area contributed by atoms with Gasteiger partial charge in [0.25, 0.3) is 0 Å². The molecule has 0 saturated carbocycles. The summed E-state index contributed by atoms with van der Waals surface area (Å²) in [7, 11) is 0. The van der Waals surface area contributed by atoms with Crippen molar-refractivity contribution in [3.05, 3.63) is 0 Å². The number of nitriles is 1. The molecule has 1 atom stereocenters. The zero-order chi connectivity index (χ0) is 8.81. The van der Waals surface area contributed by atoms with Crippen molar-refractivity contribution in [1.82, 2.24) is 4.90 Å². The zero-order valence-electron chi connectivity index (χ0n) is 7.62. The first-order valence-electron chi connectivity index (χ1n) is 4.53. The van der Waals surface area contributed by atoms with Crippen molar-refractivity contribution >= 4 is 0 Å². The van der Waals surface area contributed by atoms with Gasteiger partial charge in [0.05, 0.1) is 19.3 Å². The highest BCUT2D eigenvalue weighted by atomic mass is 16.5. The maximum atomic E-state index is 8.37. The van der Waals surface area contributed by atoms with Gasteiger partial charge < -0.3 is 4.74 Å². The Morgan fingerprint density at radius 3 is 3.17 bits per heavy atom. The lowest BCUT2D eigenvalue weighted by molar-refractivity contribution is -0.000482. The minimum atomic E-state index is 0.525. The molecule has 68 valence electrons. The van der Waals surface area contributed by atoms with Gasteiger partial charge in [0.1, 0.15) is 0 Å². The van der Waals surface area contributed by atoms with Gasteiger partial charge in [0, 0.05) is 19.0 Å². The summed E-state index contributed by atoms with van der Waals surface area (Å²) in [5, 5.41) is 8.37. The van der Waals surface area contributed by atoms with E-state index in [1.54, 1.807) is 0 Å². The second kappa shape index (κ2) is 5.13. The standard InChI is InChI=1S/C9H16N2O/c1-9-8-12-7-6-11(9)5-3-2-4-10/h9H,2-3,5-8H2,1H3. The summed E-state index contributed by atoms with van der Waals surface area (Å²) < 4.78 is 5.31. The third-order valence-corrected chi connectivity index (χ3v) is 2.24. The molecule has 1 rings (SSSR count). The number of hydrogen-bond donors (Lipinski definition) is 0. The van der Waals surface area contributed by atoms with Gasteiger partial charge in [-0.25, -0.2) is 0 Å². The van der Waals surface area contributed by atoms with Crippen molar-refractivity contribution in [2.75, 3.05) is 26.3 Å². The monoisotopic (exact) mass is 168 g/mol. The summed E-state index contributed by atoms with van der Waals surface area (Å²) in [4.78, 5) is 2.39.